The van der Waals surface area contributed by atoms with Gasteiger partial charge in [0.1, 0.15) is 22.9 Å². The van der Waals surface area contributed by atoms with Crippen molar-refractivity contribution < 1.29 is 19.3 Å². The van der Waals surface area contributed by atoms with Crippen molar-refractivity contribution in [1.82, 2.24) is 0 Å². The molecule has 0 aromatic heterocycles. The van der Waals surface area contributed by atoms with Crippen LogP contribution in [0.5, 0.6) is 23.0 Å². The Hall–Kier alpha value is -3.47. The number of hydrogen-bond donors (Lipinski definition) is 1. The summed E-state index contributed by atoms with van der Waals surface area (Å²) in [6.45, 7) is 4.06. The van der Waals surface area contributed by atoms with E-state index in [9.17, 15) is 5.11 Å². The molecule has 148 valence electrons. The first-order valence-electron chi connectivity index (χ1n) is 9.39. The Kier molecular flexibility index (Phi) is 5.12. The summed E-state index contributed by atoms with van der Waals surface area (Å²) in [6.07, 6.45) is 0. The van der Waals surface area contributed by atoms with Crippen LogP contribution < -0.4 is 14.2 Å². The smallest absolute Gasteiger partial charge is 0.152 e. The molecule has 4 rings (SSSR count). The molecule has 0 bridgehead atoms. The van der Waals surface area contributed by atoms with Crippen molar-refractivity contribution in [2.45, 2.75) is 11.8 Å². The molecule has 0 spiro atoms. The van der Waals surface area contributed by atoms with Gasteiger partial charge in [0, 0.05) is 17.4 Å². The lowest BCUT2D eigenvalue weighted by molar-refractivity contribution is 0.249. The van der Waals surface area contributed by atoms with Crippen LogP contribution in [-0.4, -0.2) is 32.7 Å². The van der Waals surface area contributed by atoms with E-state index >= 15 is 0 Å². The maximum absolute atomic E-state index is 10.2. The second-order valence-corrected chi connectivity index (χ2v) is 6.95. The second kappa shape index (κ2) is 7.87. The van der Waals surface area contributed by atoms with Crippen LogP contribution in [0.4, 0.5) is 5.69 Å². The summed E-state index contributed by atoms with van der Waals surface area (Å²) in [4.78, 5) is 4.00. The molecular weight excluding hydrogens is 366 g/mol. The van der Waals surface area contributed by atoms with Gasteiger partial charge in [0.15, 0.2) is 5.75 Å². The lowest BCUT2D eigenvalue weighted by Gasteiger charge is -2.35. The highest BCUT2D eigenvalue weighted by Crippen LogP contribution is 2.51. The lowest BCUT2D eigenvalue weighted by atomic mass is 9.75. The van der Waals surface area contributed by atoms with Crippen LogP contribution in [0, 0.1) is 0 Å². The summed E-state index contributed by atoms with van der Waals surface area (Å²) in [5.74, 6) is 2.39. The number of phenols is 1. The molecule has 0 radical (unpaired) electrons. The average Bonchev–Trinajstić information content (AvgIpc) is 2.78. The molecule has 29 heavy (non-hydrogen) atoms. The molecule has 2 unspecified atom stereocenters. The molecule has 3 aromatic carbocycles. The van der Waals surface area contributed by atoms with Crippen molar-refractivity contribution in [3.63, 3.8) is 0 Å². The SMILES string of the molecule is C=Nc1c(O)ccc2c1OCC(c1ccc(OC)cc1)C2c1ccc(OC)cc1. The van der Waals surface area contributed by atoms with E-state index in [4.69, 9.17) is 14.2 Å². The minimum absolute atomic E-state index is 0.0270. The van der Waals surface area contributed by atoms with E-state index in [0.717, 1.165) is 28.2 Å². The van der Waals surface area contributed by atoms with Crippen LogP contribution in [0.15, 0.2) is 65.7 Å². The summed E-state index contributed by atoms with van der Waals surface area (Å²) in [5.41, 5.74) is 3.65. The third-order valence-electron chi connectivity index (χ3n) is 5.46. The molecule has 3 aromatic rings. The summed E-state index contributed by atoms with van der Waals surface area (Å²) < 4.78 is 16.7. The number of phenolic OH excluding ortho intramolecular Hbond substituents is 1. The molecule has 1 aliphatic heterocycles. The van der Waals surface area contributed by atoms with Crippen LogP contribution in [0.25, 0.3) is 0 Å². The van der Waals surface area contributed by atoms with Gasteiger partial charge in [0.25, 0.3) is 0 Å². The van der Waals surface area contributed by atoms with Gasteiger partial charge in [-0.2, -0.15) is 0 Å². The van der Waals surface area contributed by atoms with Gasteiger partial charge in [-0.05, 0) is 48.2 Å². The Morgan fingerprint density at radius 1 is 0.897 bits per heavy atom. The fourth-order valence-electron chi connectivity index (χ4n) is 3.97. The zero-order valence-electron chi connectivity index (χ0n) is 16.5. The van der Waals surface area contributed by atoms with Crippen LogP contribution in [0.1, 0.15) is 28.5 Å². The quantitative estimate of drug-likeness (QED) is 0.621. The molecular formula is C24H23NO4. The molecule has 2 atom stereocenters. The first-order valence-corrected chi connectivity index (χ1v) is 9.39. The summed E-state index contributed by atoms with van der Waals surface area (Å²) in [5, 5.41) is 10.2. The van der Waals surface area contributed by atoms with Crippen molar-refractivity contribution in [3.8, 4) is 23.0 Å². The summed E-state index contributed by atoms with van der Waals surface area (Å²) >= 11 is 0. The van der Waals surface area contributed by atoms with Crippen LogP contribution in [0.3, 0.4) is 0 Å². The Morgan fingerprint density at radius 2 is 1.48 bits per heavy atom. The Morgan fingerprint density at radius 3 is 2.03 bits per heavy atom. The number of rotatable bonds is 5. The molecule has 1 N–H and O–H groups in total. The topological polar surface area (TPSA) is 60.3 Å². The molecule has 1 aliphatic rings. The Balaban J connectivity index is 1.85. The van der Waals surface area contributed by atoms with Crippen LogP contribution >= 0.6 is 0 Å². The van der Waals surface area contributed by atoms with Crippen LogP contribution in [0.2, 0.25) is 0 Å². The molecule has 5 nitrogen and oxygen atoms in total. The van der Waals surface area contributed by atoms with Gasteiger partial charge >= 0.3 is 0 Å². The zero-order chi connectivity index (χ0) is 20.4. The molecule has 5 heteroatoms. The van der Waals surface area contributed by atoms with Crippen molar-refractivity contribution in [1.29, 1.82) is 0 Å². The normalized spacial score (nSPS) is 17.7. The van der Waals surface area contributed by atoms with E-state index in [1.54, 1.807) is 20.3 Å². The lowest BCUT2D eigenvalue weighted by Crippen LogP contribution is -2.25. The van der Waals surface area contributed by atoms with Gasteiger partial charge in [-0.1, -0.05) is 30.3 Å². The fraction of sp³-hybridized carbons (Fsp3) is 0.208. The standard InChI is InChI=1S/C24H23NO4/c1-25-23-21(26)13-12-19-22(16-6-10-18(28-3)11-7-16)20(14-29-24(19)23)15-4-8-17(27-2)9-5-15/h4-13,20,22,26H,1,14H2,2-3H3. The highest BCUT2D eigenvalue weighted by molar-refractivity contribution is 5.69. The van der Waals surface area contributed by atoms with Gasteiger partial charge in [0.2, 0.25) is 0 Å². The van der Waals surface area contributed by atoms with E-state index in [1.165, 1.54) is 0 Å². The van der Waals surface area contributed by atoms with Gasteiger partial charge in [0.05, 0.1) is 20.8 Å². The van der Waals surface area contributed by atoms with Gasteiger partial charge in [-0.3, -0.25) is 4.99 Å². The molecule has 0 saturated carbocycles. The predicted molar refractivity (Wildman–Crippen MR) is 113 cm³/mol. The Labute approximate surface area is 170 Å². The number of benzene rings is 3. The second-order valence-electron chi connectivity index (χ2n) is 6.95. The number of aliphatic imine (C=N–C) groups is 1. The van der Waals surface area contributed by atoms with Crippen molar-refractivity contribution in [3.05, 3.63) is 77.4 Å². The third kappa shape index (κ3) is 3.40. The third-order valence-corrected chi connectivity index (χ3v) is 5.46. The highest BCUT2D eigenvalue weighted by atomic mass is 16.5. The van der Waals surface area contributed by atoms with Crippen molar-refractivity contribution >= 4 is 12.4 Å². The number of ether oxygens (including phenoxy) is 3. The van der Waals surface area contributed by atoms with Gasteiger partial charge in [-0.25, -0.2) is 0 Å². The first kappa shape index (κ1) is 18.9. The van der Waals surface area contributed by atoms with E-state index in [1.807, 2.05) is 30.3 Å². The minimum atomic E-state index is 0.0270. The van der Waals surface area contributed by atoms with E-state index in [-0.39, 0.29) is 17.6 Å². The molecule has 0 aliphatic carbocycles. The predicted octanol–water partition coefficient (Wildman–Crippen LogP) is 5.05. The number of fused-ring (bicyclic) bond motifs is 1. The minimum Gasteiger partial charge on any atom is -0.506 e. The van der Waals surface area contributed by atoms with Gasteiger partial charge < -0.3 is 19.3 Å². The van der Waals surface area contributed by atoms with E-state index in [0.29, 0.717) is 18.0 Å². The van der Waals surface area contributed by atoms with Crippen molar-refractivity contribution in [2.75, 3.05) is 20.8 Å². The summed E-state index contributed by atoms with van der Waals surface area (Å²) in [7, 11) is 3.31. The molecule has 0 saturated heterocycles. The largest absolute Gasteiger partial charge is 0.506 e. The van der Waals surface area contributed by atoms with Gasteiger partial charge in [-0.15, -0.1) is 0 Å². The highest BCUT2D eigenvalue weighted by Gasteiger charge is 2.35. The van der Waals surface area contributed by atoms with E-state index < -0.39 is 0 Å². The first-order chi connectivity index (χ1) is 14.2. The maximum Gasteiger partial charge on any atom is 0.152 e. The summed E-state index contributed by atoms with van der Waals surface area (Å²) in [6, 6.07) is 19.7. The number of hydrogen-bond acceptors (Lipinski definition) is 5. The van der Waals surface area contributed by atoms with E-state index in [2.05, 4.69) is 36.0 Å². The molecule has 1 heterocycles. The average molecular weight is 389 g/mol. The molecule has 0 fully saturated rings. The Bertz CT molecular complexity index is 1010. The van der Waals surface area contributed by atoms with Crippen LogP contribution in [-0.2, 0) is 0 Å². The maximum atomic E-state index is 10.2. The fourth-order valence-corrected chi connectivity index (χ4v) is 3.97. The zero-order valence-corrected chi connectivity index (χ0v) is 16.5. The number of nitrogens with zero attached hydrogens (tertiary/aromatic N) is 1. The monoisotopic (exact) mass is 389 g/mol. The number of methoxy groups -OCH3 is 2. The molecule has 0 amide bonds. The number of aromatic hydroxyl groups is 1. The van der Waals surface area contributed by atoms with Crippen molar-refractivity contribution in [2.24, 2.45) is 4.99 Å².